The molecule has 0 atom stereocenters. The number of nitrogens with one attached hydrogen (secondary N) is 2. The Labute approximate surface area is 112 Å². The summed E-state index contributed by atoms with van der Waals surface area (Å²) in [5, 5.41) is 5.83. The van der Waals surface area contributed by atoms with Gasteiger partial charge in [-0.2, -0.15) is 0 Å². The van der Waals surface area contributed by atoms with Crippen LogP contribution in [-0.2, 0) is 6.54 Å². The van der Waals surface area contributed by atoms with Crippen LogP contribution >= 0.6 is 0 Å². The summed E-state index contributed by atoms with van der Waals surface area (Å²) < 4.78 is 0. The summed E-state index contributed by atoms with van der Waals surface area (Å²) in [5.74, 6) is -0.138. The third-order valence-corrected chi connectivity index (χ3v) is 2.87. The van der Waals surface area contributed by atoms with Crippen molar-refractivity contribution in [2.24, 2.45) is 0 Å². The zero-order chi connectivity index (χ0) is 13.7. The first kappa shape index (κ1) is 13.0. The highest BCUT2D eigenvalue weighted by molar-refractivity contribution is 5.95. The van der Waals surface area contributed by atoms with Gasteiger partial charge in [0, 0.05) is 19.2 Å². The lowest BCUT2D eigenvalue weighted by Crippen LogP contribution is -2.18. The molecule has 0 radical (unpaired) electrons. The van der Waals surface area contributed by atoms with Crippen LogP contribution in [0.25, 0.3) is 0 Å². The maximum absolute atomic E-state index is 11.5. The molecule has 0 aromatic heterocycles. The summed E-state index contributed by atoms with van der Waals surface area (Å²) in [7, 11) is 1.60. The Morgan fingerprint density at radius 2 is 1.89 bits per heavy atom. The molecule has 0 unspecified atom stereocenters. The Morgan fingerprint density at radius 3 is 2.53 bits per heavy atom. The summed E-state index contributed by atoms with van der Waals surface area (Å²) in [6, 6.07) is 15.3. The average molecular weight is 255 g/mol. The number of rotatable bonds is 4. The van der Waals surface area contributed by atoms with Crippen molar-refractivity contribution in [1.29, 1.82) is 0 Å². The van der Waals surface area contributed by atoms with Gasteiger partial charge in [0.1, 0.15) is 0 Å². The molecular weight excluding hydrogens is 238 g/mol. The Bertz CT molecular complexity index is 567. The van der Waals surface area contributed by atoms with Crippen molar-refractivity contribution in [2.45, 2.75) is 6.54 Å². The van der Waals surface area contributed by atoms with Gasteiger partial charge in [-0.3, -0.25) is 4.79 Å². The molecule has 2 aromatic carbocycles. The topological polar surface area (TPSA) is 67.2 Å². The van der Waals surface area contributed by atoms with Crippen molar-refractivity contribution in [1.82, 2.24) is 5.32 Å². The molecule has 19 heavy (non-hydrogen) atoms. The standard InChI is InChI=1S/C15H17N3O/c1-17-15(19)12-7-8-14(13(16)9-12)18-10-11-5-3-2-4-6-11/h2-9,18H,10,16H2,1H3,(H,17,19). The first-order chi connectivity index (χ1) is 9.20. The average Bonchev–Trinajstić information content (AvgIpc) is 2.46. The number of hydrogen-bond donors (Lipinski definition) is 3. The van der Waals surface area contributed by atoms with Gasteiger partial charge >= 0.3 is 0 Å². The largest absolute Gasteiger partial charge is 0.397 e. The maximum atomic E-state index is 11.5. The van der Waals surface area contributed by atoms with E-state index in [2.05, 4.69) is 10.6 Å². The van der Waals surface area contributed by atoms with Gasteiger partial charge < -0.3 is 16.4 Å². The van der Waals surface area contributed by atoms with Crippen molar-refractivity contribution in [2.75, 3.05) is 18.1 Å². The molecule has 0 fully saturated rings. The normalized spacial score (nSPS) is 9.95. The minimum absolute atomic E-state index is 0.138. The molecule has 0 heterocycles. The van der Waals surface area contributed by atoms with Crippen molar-refractivity contribution < 1.29 is 4.79 Å². The van der Waals surface area contributed by atoms with E-state index in [0.29, 0.717) is 17.8 Å². The van der Waals surface area contributed by atoms with Crippen molar-refractivity contribution in [3.63, 3.8) is 0 Å². The van der Waals surface area contributed by atoms with Gasteiger partial charge in [0.25, 0.3) is 5.91 Å². The van der Waals surface area contributed by atoms with E-state index >= 15 is 0 Å². The number of carbonyl (C=O) groups is 1. The second kappa shape index (κ2) is 5.91. The van der Waals surface area contributed by atoms with E-state index in [9.17, 15) is 4.79 Å². The van der Waals surface area contributed by atoms with Crippen LogP contribution in [0.3, 0.4) is 0 Å². The number of anilines is 2. The molecule has 0 bridgehead atoms. The molecule has 4 heteroatoms. The fraction of sp³-hybridized carbons (Fsp3) is 0.133. The van der Waals surface area contributed by atoms with E-state index in [1.807, 2.05) is 36.4 Å². The molecule has 0 aliphatic rings. The van der Waals surface area contributed by atoms with E-state index in [4.69, 9.17) is 5.73 Å². The zero-order valence-corrected chi connectivity index (χ0v) is 10.8. The fourth-order valence-electron chi connectivity index (χ4n) is 1.80. The molecule has 0 saturated heterocycles. The second-order valence-corrected chi connectivity index (χ2v) is 4.22. The Hall–Kier alpha value is -2.49. The number of hydrogen-bond acceptors (Lipinski definition) is 3. The molecule has 0 spiro atoms. The minimum Gasteiger partial charge on any atom is -0.397 e. The highest BCUT2D eigenvalue weighted by Crippen LogP contribution is 2.20. The van der Waals surface area contributed by atoms with Crippen LogP contribution in [-0.4, -0.2) is 13.0 Å². The molecule has 4 nitrogen and oxygen atoms in total. The van der Waals surface area contributed by atoms with Crippen LogP contribution < -0.4 is 16.4 Å². The molecule has 1 amide bonds. The van der Waals surface area contributed by atoms with E-state index < -0.39 is 0 Å². The van der Waals surface area contributed by atoms with Crippen LogP contribution in [0, 0.1) is 0 Å². The zero-order valence-electron chi connectivity index (χ0n) is 10.8. The summed E-state index contributed by atoms with van der Waals surface area (Å²) in [6.45, 7) is 0.699. The third kappa shape index (κ3) is 3.25. The van der Waals surface area contributed by atoms with Crippen LogP contribution in [0.15, 0.2) is 48.5 Å². The number of nitrogens with two attached hydrogens (primary N) is 1. The highest BCUT2D eigenvalue weighted by Gasteiger charge is 2.06. The van der Waals surface area contributed by atoms with Gasteiger partial charge in [-0.05, 0) is 23.8 Å². The number of benzene rings is 2. The van der Waals surface area contributed by atoms with Gasteiger partial charge in [-0.25, -0.2) is 0 Å². The molecule has 4 N–H and O–H groups in total. The summed E-state index contributed by atoms with van der Waals surface area (Å²) in [4.78, 5) is 11.5. The maximum Gasteiger partial charge on any atom is 0.251 e. The molecule has 2 aromatic rings. The van der Waals surface area contributed by atoms with E-state index in [0.717, 1.165) is 5.69 Å². The number of nitrogen functional groups attached to an aromatic ring is 1. The second-order valence-electron chi connectivity index (χ2n) is 4.22. The first-order valence-electron chi connectivity index (χ1n) is 6.10. The molecule has 0 aliphatic heterocycles. The molecule has 98 valence electrons. The molecule has 2 rings (SSSR count). The number of carbonyl (C=O) groups excluding carboxylic acids is 1. The highest BCUT2D eigenvalue weighted by atomic mass is 16.1. The van der Waals surface area contributed by atoms with Gasteiger partial charge in [-0.15, -0.1) is 0 Å². The Kier molecular flexibility index (Phi) is 4.03. The smallest absolute Gasteiger partial charge is 0.251 e. The number of amides is 1. The van der Waals surface area contributed by atoms with E-state index in [1.54, 1.807) is 19.2 Å². The lowest BCUT2D eigenvalue weighted by Gasteiger charge is -2.10. The first-order valence-corrected chi connectivity index (χ1v) is 6.10. The molecule has 0 aliphatic carbocycles. The van der Waals surface area contributed by atoms with Crippen molar-refractivity contribution in [3.05, 3.63) is 59.7 Å². The fourth-order valence-corrected chi connectivity index (χ4v) is 1.80. The quantitative estimate of drug-likeness (QED) is 0.734. The van der Waals surface area contributed by atoms with Gasteiger partial charge in [0.2, 0.25) is 0 Å². The lowest BCUT2D eigenvalue weighted by molar-refractivity contribution is 0.0963. The third-order valence-electron chi connectivity index (χ3n) is 2.87. The van der Waals surface area contributed by atoms with Gasteiger partial charge in [0.15, 0.2) is 0 Å². The van der Waals surface area contributed by atoms with Crippen LogP contribution in [0.2, 0.25) is 0 Å². The van der Waals surface area contributed by atoms with Crippen LogP contribution in [0.1, 0.15) is 15.9 Å². The Morgan fingerprint density at radius 1 is 1.16 bits per heavy atom. The molecule has 0 saturated carbocycles. The van der Waals surface area contributed by atoms with Gasteiger partial charge in [0.05, 0.1) is 11.4 Å². The summed E-state index contributed by atoms with van der Waals surface area (Å²) in [6.07, 6.45) is 0. The molecular formula is C15H17N3O. The van der Waals surface area contributed by atoms with Crippen molar-refractivity contribution >= 4 is 17.3 Å². The van der Waals surface area contributed by atoms with Gasteiger partial charge in [-0.1, -0.05) is 30.3 Å². The van der Waals surface area contributed by atoms with Crippen molar-refractivity contribution in [3.8, 4) is 0 Å². The summed E-state index contributed by atoms with van der Waals surface area (Å²) in [5.41, 5.74) is 9.07. The van der Waals surface area contributed by atoms with Crippen LogP contribution in [0.4, 0.5) is 11.4 Å². The predicted octanol–water partition coefficient (Wildman–Crippen LogP) is 2.24. The predicted molar refractivity (Wildman–Crippen MR) is 78.0 cm³/mol. The lowest BCUT2D eigenvalue weighted by atomic mass is 10.1. The monoisotopic (exact) mass is 255 g/mol. The SMILES string of the molecule is CNC(=O)c1ccc(NCc2ccccc2)c(N)c1. The Balaban J connectivity index is 2.07. The minimum atomic E-state index is -0.138. The summed E-state index contributed by atoms with van der Waals surface area (Å²) >= 11 is 0. The van der Waals surface area contributed by atoms with E-state index in [-0.39, 0.29) is 5.91 Å². The van der Waals surface area contributed by atoms with Crippen LogP contribution in [0.5, 0.6) is 0 Å². The van der Waals surface area contributed by atoms with E-state index in [1.165, 1.54) is 5.56 Å².